The minimum absolute atomic E-state index is 0.128. The van der Waals surface area contributed by atoms with Crippen molar-refractivity contribution in [3.8, 4) is 17.1 Å². The van der Waals surface area contributed by atoms with Gasteiger partial charge in [-0.15, -0.1) is 0 Å². The molecule has 1 aromatic heterocycles. The van der Waals surface area contributed by atoms with E-state index in [1.54, 1.807) is 57.2 Å². The first-order valence-electron chi connectivity index (χ1n) is 12.7. The fraction of sp³-hybridized carbons (Fsp3) is 0.200. The van der Waals surface area contributed by atoms with Crippen molar-refractivity contribution >= 4 is 18.2 Å². The molecular weight excluding hydrogens is 540 g/mol. The minimum Gasteiger partial charge on any atom is -0.246 e. The molecule has 210 valence electrons. The van der Waals surface area contributed by atoms with Crippen LogP contribution in [0.4, 0.5) is 0 Å². The van der Waals surface area contributed by atoms with Gasteiger partial charge >= 0.3 is 17.1 Å². The van der Waals surface area contributed by atoms with Gasteiger partial charge in [-0.25, -0.2) is 42.5 Å². The summed E-state index contributed by atoms with van der Waals surface area (Å²) in [6.07, 6.45) is 4.49. The monoisotopic (exact) mass is 564 g/mol. The molecule has 0 aliphatic rings. The van der Waals surface area contributed by atoms with Gasteiger partial charge in [0, 0.05) is 0 Å². The summed E-state index contributed by atoms with van der Waals surface area (Å²) in [6.45, 7) is 4.94. The zero-order chi connectivity index (χ0) is 30.4. The molecule has 0 N–H and O–H groups in total. The van der Waals surface area contributed by atoms with Crippen LogP contribution in [0.2, 0.25) is 0 Å². The summed E-state index contributed by atoms with van der Waals surface area (Å²) in [7, 11) is 0. The summed E-state index contributed by atoms with van der Waals surface area (Å²) in [5.41, 5.74) is -0.907. The van der Waals surface area contributed by atoms with Gasteiger partial charge in [0.25, 0.3) is 0 Å². The number of nitrogens with zero attached hydrogens (tertiary/aromatic N) is 6. The van der Waals surface area contributed by atoms with Crippen LogP contribution in [0.15, 0.2) is 102 Å². The molecule has 12 heteroatoms. The van der Waals surface area contributed by atoms with Crippen LogP contribution in [-0.2, 0) is 14.4 Å². The van der Waals surface area contributed by atoms with Gasteiger partial charge in [0.1, 0.15) is 0 Å². The smallest absolute Gasteiger partial charge is 0.246 e. The van der Waals surface area contributed by atoms with E-state index in [1.807, 2.05) is 0 Å². The Labute approximate surface area is 238 Å². The summed E-state index contributed by atoms with van der Waals surface area (Å²) in [6, 6.07) is 17.0. The normalized spacial score (nSPS) is 12.6. The fourth-order valence-electron chi connectivity index (χ4n) is 4.44. The second-order valence-corrected chi connectivity index (χ2v) is 9.33. The Bertz CT molecular complexity index is 1730. The van der Waals surface area contributed by atoms with Gasteiger partial charge in [-0.05, 0) is 73.9 Å². The molecule has 4 aromatic rings. The van der Waals surface area contributed by atoms with Gasteiger partial charge in [-0.2, -0.15) is 15.0 Å². The predicted molar refractivity (Wildman–Crippen MR) is 153 cm³/mol. The Kier molecular flexibility index (Phi) is 8.75. The largest absolute Gasteiger partial charge is 0.345 e. The standard InChI is InChI=1S/C30H24N6O6/c1-19(31-16-37)22-7-4-10-25(13-22)34-28(40)35(26-11-5-8-23(14-26)20(2)32-17-38)30(42)36(29(34)41)27-12-6-9-24(15-27)21(3)33-18-39/h4-15,19-21H,1-3H3. The third kappa shape index (κ3) is 5.72. The van der Waals surface area contributed by atoms with Gasteiger partial charge in [0.15, 0.2) is 0 Å². The second kappa shape index (κ2) is 12.6. The third-order valence-electron chi connectivity index (χ3n) is 6.72. The first kappa shape index (κ1) is 29.2. The lowest BCUT2D eigenvalue weighted by molar-refractivity contribution is 0.559. The molecule has 0 saturated heterocycles. The molecule has 0 spiro atoms. The second-order valence-electron chi connectivity index (χ2n) is 9.33. The molecule has 12 nitrogen and oxygen atoms in total. The molecular formula is C30H24N6O6. The molecule has 0 aliphatic heterocycles. The lowest BCUT2D eigenvalue weighted by Gasteiger charge is -2.17. The van der Waals surface area contributed by atoms with E-state index in [0.29, 0.717) is 16.7 Å². The van der Waals surface area contributed by atoms with Crippen LogP contribution in [-0.4, -0.2) is 31.9 Å². The van der Waals surface area contributed by atoms with Crippen LogP contribution in [0.3, 0.4) is 0 Å². The minimum atomic E-state index is -0.955. The maximum Gasteiger partial charge on any atom is 0.345 e. The van der Waals surface area contributed by atoms with Crippen molar-refractivity contribution in [2.24, 2.45) is 15.0 Å². The van der Waals surface area contributed by atoms with E-state index in [1.165, 1.54) is 54.6 Å². The number of benzene rings is 3. The molecule has 0 radical (unpaired) electrons. The summed E-state index contributed by atoms with van der Waals surface area (Å²) in [4.78, 5) is 85.4. The van der Waals surface area contributed by atoms with Crippen molar-refractivity contribution in [3.63, 3.8) is 0 Å². The Hall–Kier alpha value is -5.79. The number of carbonyl (C=O) groups excluding carboxylic acids is 3. The lowest BCUT2D eigenvalue weighted by Crippen LogP contribution is -2.52. The van der Waals surface area contributed by atoms with Crippen LogP contribution in [0, 0.1) is 0 Å². The lowest BCUT2D eigenvalue weighted by atomic mass is 10.1. The highest BCUT2D eigenvalue weighted by Crippen LogP contribution is 2.21. The van der Waals surface area contributed by atoms with Crippen LogP contribution >= 0.6 is 0 Å². The van der Waals surface area contributed by atoms with Crippen molar-refractivity contribution in [1.29, 1.82) is 0 Å². The molecule has 0 aliphatic carbocycles. The zero-order valence-electron chi connectivity index (χ0n) is 22.8. The molecule has 42 heavy (non-hydrogen) atoms. The Morgan fingerprint density at radius 3 is 1.00 bits per heavy atom. The van der Waals surface area contributed by atoms with Crippen molar-refractivity contribution < 1.29 is 14.4 Å². The maximum absolute atomic E-state index is 14.0. The maximum atomic E-state index is 14.0. The van der Waals surface area contributed by atoms with Crippen molar-refractivity contribution in [1.82, 2.24) is 13.7 Å². The highest BCUT2D eigenvalue weighted by molar-refractivity contribution is 5.44. The van der Waals surface area contributed by atoms with Gasteiger partial charge in [0.05, 0.1) is 35.2 Å². The molecule has 0 bridgehead atoms. The van der Waals surface area contributed by atoms with E-state index in [2.05, 4.69) is 15.0 Å². The first-order valence-corrected chi connectivity index (χ1v) is 12.7. The molecule has 3 aromatic carbocycles. The quantitative estimate of drug-likeness (QED) is 0.224. The SMILES string of the molecule is CC(N=C=O)c1cccc(-n2c(=O)n(-c3cccc(C(C)N=C=O)c3)c(=O)n(-c3cccc(C(C)N=C=O)c3)c2=O)c1. The zero-order valence-corrected chi connectivity index (χ0v) is 22.8. The number of isocyanates is 3. The van der Waals surface area contributed by atoms with Crippen LogP contribution < -0.4 is 17.1 Å². The summed E-state index contributed by atoms with van der Waals surface area (Å²) in [5, 5.41) is 0. The average Bonchev–Trinajstić information content (AvgIpc) is 2.98. The molecule has 3 unspecified atom stereocenters. The van der Waals surface area contributed by atoms with E-state index in [0.717, 1.165) is 13.7 Å². The number of rotatable bonds is 9. The van der Waals surface area contributed by atoms with Gasteiger partial charge in [0.2, 0.25) is 18.2 Å². The van der Waals surface area contributed by atoms with Crippen LogP contribution in [0.25, 0.3) is 17.1 Å². The predicted octanol–water partition coefficient (Wildman–Crippen LogP) is 3.33. The Balaban J connectivity index is 2.10. The van der Waals surface area contributed by atoms with Crippen LogP contribution in [0.5, 0.6) is 0 Å². The van der Waals surface area contributed by atoms with Crippen LogP contribution in [0.1, 0.15) is 55.6 Å². The fourth-order valence-corrected chi connectivity index (χ4v) is 4.44. The third-order valence-corrected chi connectivity index (χ3v) is 6.72. The van der Waals surface area contributed by atoms with E-state index in [9.17, 15) is 28.8 Å². The average molecular weight is 565 g/mol. The summed E-state index contributed by atoms with van der Waals surface area (Å²) in [5.74, 6) is 0. The molecule has 1 heterocycles. The van der Waals surface area contributed by atoms with Gasteiger partial charge in [-0.1, -0.05) is 36.4 Å². The topological polar surface area (TPSA) is 154 Å². The molecule has 0 saturated carbocycles. The van der Waals surface area contributed by atoms with Gasteiger partial charge < -0.3 is 0 Å². The van der Waals surface area contributed by atoms with Crippen molar-refractivity contribution in [2.45, 2.75) is 38.9 Å². The van der Waals surface area contributed by atoms with E-state index >= 15 is 0 Å². The van der Waals surface area contributed by atoms with E-state index < -0.39 is 35.2 Å². The Morgan fingerprint density at radius 1 is 0.500 bits per heavy atom. The molecule has 4 rings (SSSR count). The first-order chi connectivity index (χ1) is 20.2. The van der Waals surface area contributed by atoms with E-state index in [-0.39, 0.29) is 17.1 Å². The van der Waals surface area contributed by atoms with Crippen molar-refractivity contribution in [2.75, 3.05) is 0 Å². The Morgan fingerprint density at radius 2 is 0.762 bits per heavy atom. The highest BCUT2D eigenvalue weighted by Gasteiger charge is 2.21. The number of hydrogen-bond donors (Lipinski definition) is 0. The molecule has 3 atom stereocenters. The number of aliphatic imine (C=N–C) groups is 3. The summed E-state index contributed by atoms with van der Waals surface area (Å²) >= 11 is 0. The van der Waals surface area contributed by atoms with E-state index in [4.69, 9.17) is 0 Å². The molecule has 0 fully saturated rings. The number of hydrogen-bond acceptors (Lipinski definition) is 9. The number of aromatic nitrogens is 3. The molecule has 0 amide bonds. The summed E-state index contributed by atoms with van der Waals surface area (Å²) < 4.78 is 2.50. The van der Waals surface area contributed by atoms with Crippen molar-refractivity contribution in [3.05, 3.63) is 121 Å². The van der Waals surface area contributed by atoms with Gasteiger partial charge in [-0.3, -0.25) is 0 Å². The highest BCUT2D eigenvalue weighted by atomic mass is 16.2.